The summed E-state index contributed by atoms with van der Waals surface area (Å²) in [4.78, 5) is 39.9. The number of amides is 2. The first-order valence-corrected chi connectivity index (χ1v) is 11.7. The van der Waals surface area contributed by atoms with Gasteiger partial charge in [-0.05, 0) is 30.0 Å². The molecule has 0 saturated carbocycles. The number of nitrogens with one attached hydrogen (secondary N) is 2. The number of halogens is 1. The maximum Gasteiger partial charge on any atom is 0.274 e. The number of likely N-dealkylation sites (tertiary alicyclic amines) is 1. The molecule has 8 nitrogen and oxygen atoms in total. The second-order valence-corrected chi connectivity index (χ2v) is 10.3. The molecule has 1 fully saturated rings. The van der Waals surface area contributed by atoms with Crippen molar-refractivity contribution in [3.8, 4) is 0 Å². The molecule has 10 heteroatoms. The number of hydrogen-bond donors (Lipinski definition) is 2. The van der Waals surface area contributed by atoms with Gasteiger partial charge in [0.05, 0.1) is 22.5 Å². The molecule has 0 spiro atoms. The van der Waals surface area contributed by atoms with Crippen LogP contribution in [0.5, 0.6) is 0 Å². The largest absolute Gasteiger partial charge is 0.355 e. The van der Waals surface area contributed by atoms with Gasteiger partial charge >= 0.3 is 0 Å². The van der Waals surface area contributed by atoms with E-state index in [1.807, 2.05) is 39.1 Å². The average Bonchev–Trinajstić information content (AvgIpc) is 3.19. The van der Waals surface area contributed by atoms with E-state index < -0.39 is 11.2 Å². The summed E-state index contributed by atoms with van der Waals surface area (Å²) in [5, 5.41) is 7.98. The van der Waals surface area contributed by atoms with E-state index in [4.69, 9.17) is 0 Å². The molecule has 1 aliphatic rings. The van der Waals surface area contributed by atoms with Crippen LogP contribution < -0.4 is 10.6 Å². The second kappa shape index (κ2) is 9.01. The first kappa shape index (κ1) is 23.0. The van der Waals surface area contributed by atoms with Crippen LogP contribution in [0.4, 0.5) is 10.3 Å². The van der Waals surface area contributed by atoms with Crippen LogP contribution in [0.2, 0.25) is 0 Å². The van der Waals surface area contributed by atoms with Crippen molar-refractivity contribution < 1.29 is 14.0 Å². The Hall–Kier alpha value is -3.14. The quantitative estimate of drug-likeness (QED) is 0.571. The molecule has 0 bridgehead atoms. The van der Waals surface area contributed by atoms with Gasteiger partial charge in [-0.1, -0.05) is 20.8 Å². The van der Waals surface area contributed by atoms with E-state index >= 15 is 0 Å². The number of aromatic nitrogens is 3. The van der Waals surface area contributed by atoms with Crippen molar-refractivity contribution in [1.29, 1.82) is 0 Å². The van der Waals surface area contributed by atoms with Gasteiger partial charge in [0, 0.05) is 37.2 Å². The fraction of sp³-hybridized carbons (Fsp3) is 0.435. The molecule has 0 aromatic carbocycles. The number of anilines is 1. The lowest BCUT2D eigenvalue weighted by Crippen LogP contribution is -2.54. The number of nitrogens with zero attached hydrogens (tertiary/aromatic N) is 4. The highest BCUT2D eigenvalue weighted by molar-refractivity contribution is 7.17. The van der Waals surface area contributed by atoms with Crippen LogP contribution in [0.1, 0.15) is 49.8 Å². The molecule has 174 valence electrons. The van der Waals surface area contributed by atoms with Crippen LogP contribution in [-0.2, 0) is 4.79 Å². The molecule has 0 unspecified atom stereocenters. The number of carbonyl (C=O) groups excluding carboxylic acids is 2. The maximum absolute atomic E-state index is 13.5. The summed E-state index contributed by atoms with van der Waals surface area (Å²) in [6, 6.07) is 2.95. The number of carbonyl (C=O) groups is 2. The van der Waals surface area contributed by atoms with E-state index in [0.29, 0.717) is 42.4 Å². The first-order chi connectivity index (χ1) is 15.6. The zero-order valence-electron chi connectivity index (χ0n) is 19.1. The second-order valence-electron chi connectivity index (χ2n) is 9.37. The molecule has 0 radical (unpaired) electrons. The van der Waals surface area contributed by atoms with E-state index in [-0.39, 0.29) is 23.8 Å². The number of rotatable bonds is 6. The Morgan fingerprint density at radius 2 is 2.03 bits per heavy atom. The third kappa shape index (κ3) is 5.11. The first-order valence-electron chi connectivity index (χ1n) is 10.8. The van der Waals surface area contributed by atoms with Crippen LogP contribution in [0, 0.1) is 17.2 Å². The third-order valence-corrected chi connectivity index (χ3v) is 6.47. The highest BCUT2D eigenvalue weighted by atomic mass is 32.1. The van der Waals surface area contributed by atoms with Gasteiger partial charge in [-0.15, -0.1) is 11.3 Å². The summed E-state index contributed by atoms with van der Waals surface area (Å²) in [6.07, 6.45) is 2.73. The molecule has 1 atom stereocenters. The van der Waals surface area contributed by atoms with Crippen molar-refractivity contribution in [2.45, 2.75) is 33.7 Å². The van der Waals surface area contributed by atoms with Gasteiger partial charge in [0.25, 0.3) is 5.91 Å². The van der Waals surface area contributed by atoms with Crippen molar-refractivity contribution in [1.82, 2.24) is 25.2 Å². The van der Waals surface area contributed by atoms with Crippen molar-refractivity contribution in [3.63, 3.8) is 0 Å². The Morgan fingerprint density at radius 3 is 2.73 bits per heavy atom. The minimum atomic E-state index is -0.437. The Morgan fingerprint density at radius 1 is 1.27 bits per heavy atom. The number of hydrogen-bond acceptors (Lipinski definition) is 7. The summed E-state index contributed by atoms with van der Waals surface area (Å²) in [5.74, 6) is -0.0557. The van der Waals surface area contributed by atoms with Crippen LogP contribution in [0.25, 0.3) is 10.2 Å². The number of pyridine rings is 1. The molecule has 4 heterocycles. The topological polar surface area (TPSA) is 100 Å². The molecule has 1 saturated heterocycles. The van der Waals surface area contributed by atoms with Gasteiger partial charge < -0.3 is 15.5 Å². The monoisotopic (exact) mass is 470 g/mol. The highest BCUT2D eigenvalue weighted by Crippen LogP contribution is 2.28. The van der Waals surface area contributed by atoms with Crippen molar-refractivity contribution >= 4 is 39.3 Å². The predicted octanol–water partition coefficient (Wildman–Crippen LogP) is 3.63. The fourth-order valence-corrected chi connectivity index (χ4v) is 4.34. The van der Waals surface area contributed by atoms with E-state index in [9.17, 15) is 14.0 Å². The number of fused-ring (bicyclic) bond motifs is 1. The van der Waals surface area contributed by atoms with Gasteiger partial charge in [-0.25, -0.2) is 14.4 Å². The summed E-state index contributed by atoms with van der Waals surface area (Å²) in [7, 11) is 0. The lowest BCUT2D eigenvalue weighted by molar-refractivity contribution is -0.128. The smallest absolute Gasteiger partial charge is 0.274 e. The van der Waals surface area contributed by atoms with Crippen LogP contribution in [0.3, 0.4) is 0 Å². The molecular weight excluding hydrogens is 443 g/mol. The van der Waals surface area contributed by atoms with Gasteiger partial charge in [0.15, 0.2) is 5.69 Å². The Kier molecular flexibility index (Phi) is 6.29. The van der Waals surface area contributed by atoms with Gasteiger partial charge in [0.1, 0.15) is 5.82 Å². The van der Waals surface area contributed by atoms with Gasteiger partial charge in [-0.2, -0.15) is 0 Å². The number of thiophene rings is 1. The third-order valence-electron chi connectivity index (χ3n) is 5.55. The summed E-state index contributed by atoms with van der Waals surface area (Å²) >= 11 is 1.42. The molecule has 33 heavy (non-hydrogen) atoms. The van der Waals surface area contributed by atoms with Crippen molar-refractivity contribution in [2.24, 2.45) is 11.3 Å². The zero-order valence-corrected chi connectivity index (χ0v) is 19.9. The lowest BCUT2D eigenvalue weighted by Gasteiger charge is -2.39. The Balaban J connectivity index is 1.45. The minimum absolute atomic E-state index is 0.00158. The van der Waals surface area contributed by atoms with E-state index in [0.717, 1.165) is 10.9 Å². The average molecular weight is 471 g/mol. The molecule has 3 aromatic rings. The minimum Gasteiger partial charge on any atom is -0.355 e. The highest BCUT2D eigenvalue weighted by Gasteiger charge is 2.34. The predicted molar refractivity (Wildman–Crippen MR) is 126 cm³/mol. The van der Waals surface area contributed by atoms with Gasteiger partial charge in [-0.3, -0.25) is 14.6 Å². The van der Waals surface area contributed by atoms with Crippen LogP contribution in [-0.4, -0.2) is 51.3 Å². The van der Waals surface area contributed by atoms with E-state index in [1.54, 1.807) is 11.1 Å². The Bertz CT molecular complexity index is 1190. The van der Waals surface area contributed by atoms with Crippen LogP contribution >= 0.6 is 11.3 Å². The standard InChI is InChI=1S/C23H27FN6O2S/c1-13(15-7-16(24)10-25-9-15)27-22-28-17-5-6-33-19(17)18(29-22)20(31)30-11-14(12-30)8-26-21(32)23(2,3)4/h5-7,9-10,13-14H,8,11-12H2,1-4H3,(H,26,32)(H,27,28,29)/t13-/m0/s1. The molecule has 0 aliphatic carbocycles. The fourth-order valence-electron chi connectivity index (χ4n) is 3.53. The van der Waals surface area contributed by atoms with Crippen molar-refractivity contribution in [3.05, 3.63) is 47.0 Å². The maximum atomic E-state index is 13.5. The van der Waals surface area contributed by atoms with Crippen LogP contribution in [0.15, 0.2) is 29.9 Å². The van der Waals surface area contributed by atoms with E-state index in [1.165, 1.54) is 17.4 Å². The summed E-state index contributed by atoms with van der Waals surface area (Å²) < 4.78 is 14.3. The SMILES string of the molecule is C[C@H](Nc1nc(C(=O)N2CC(CNC(=O)C(C)(C)C)C2)c2sccc2n1)c1cncc(F)c1. The normalized spacial score (nSPS) is 15.2. The molecular formula is C23H27FN6O2S. The van der Waals surface area contributed by atoms with E-state index in [2.05, 4.69) is 25.6 Å². The summed E-state index contributed by atoms with van der Waals surface area (Å²) in [5.41, 5.74) is 1.24. The zero-order chi connectivity index (χ0) is 23.8. The van der Waals surface area contributed by atoms with Gasteiger partial charge in [0.2, 0.25) is 11.9 Å². The molecule has 4 rings (SSSR count). The Labute approximate surface area is 195 Å². The molecule has 2 amide bonds. The lowest BCUT2D eigenvalue weighted by atomic mass is 9.94. The molecule has 1 aliphatic heterocycles. The summed E-state index contributed by atoms with van der Waals surface area (Å²) in [6.45, 7) is 9.14. The van der Waals surface area contributed by atoms with Crippen molar-refractivity contribution in [2.75, 3.05) is 25.0 Å². The molecule has 3 aromatic heterocycles. The molecule has 2 N–H and O–H groups in total.